The Bertz CT molecular complexity index is 682. The average molecular weight is 439 g/mol. The number of carbonyl (C=O) groups is 2. The van der Waals surface area contributed by atoms with Crippen molar-refractivity contribution in [2.75, 3.05) is 5.32 Å². The van der Waals surface area contributed by atoms with Gasteiger partial charge in [0.1, 0.15) is 0 Å². The minimum Gasteiger partial charge on any atom is -0.343 e. The van der Waals surface area contributed by atoms with Crippen molar-refractivity contribution in [3.8, 4) is 0 Å². The minimum absolute atomic E-state index is 0.232. The van der Waals surface area contributed by atoms with Crippen LogP contribution in [0.4, 0.5) is 5.69 Å². The molecule has 0 bridgehead atoms. The van der Waals surface area contributed by atoms with Crippen LogP contribution in [-0.2, 0) is 16.0 Å². The van der Waals surface area contributed by atoms with Gasteiger partial charge < -0.3 is 15.3 Å². The van der Waals surface area contributed by atoms with Gasteiger partial charge >= 0.3 is 0 Å². The molecule has 0 aliphatic heterocycles. The Morgan fingerprint density at radius 3 is 2.57 bits per heavy atom. The van der Waals surface area contributed by atoms with Crippen LogP contribution in [-0.4, -0.2) is 25.5 Å². The van der Waals surface area contributed by atoms with E-state index in [1.54, 1.807) is 6.07 Å². The zero-order chi connectivity index (χ0) is 16.7. The number of anilines is 1. The number of benzene rings is 2. The standard InChI is InChI=1S/C16H14BClIN2O2/c18-14-4-2-1-3-11(14)9-15(21-17-10-22)16(23)20-13-7-5-12(19)6-8-13/h1-8,10,15,21H,9H2,(H,20,23)/t15-/m0/s1. The Morgan fingerprint density at radius 1 is 1.22 bits per heavy atom. The van der Waals surface area contributed by atoms with Gasteiger partial charge in [-0.1, -0.05) is 29.8 Å². The van der Waals surface area contributed by atoms with E-state index in [1.165, 1.54) is 7.41 Å². The lowest BCUT2D eigenvalue weighted by Gasteiger charge is -2.18. The number of nitrogens with one attached hydrogen (secondary N) is 2. The van der Waals surface area contributed by atoms with E-state index in [4.69, 9.17) is 11.6 Å². The van der Waals surface area contributed by atoms with Gasteiger partial charge in [-0.3, -0.25) is 4.79 Å². The molecule has 1 radical (unpaired) electrons. The van der Waals surface area contributed by atoms with Crippen LogP contribution in [0, 0.1) is 3.57 Å². The third-order valence-electron chi connectivity index (χ3n) is 3.18. The molecular formula is C16H14BClIN2O2. The summed E-state index contributed by atoms with van der Waals surface area (Å²) in [6.07, 6.45) is 0.984. The Kier molecular flexibility index (Phi) is 7.07. The first kappa shape index (κ1) is 18.0. The van der Waals surface area contributed by atoms with Gasteiger partial charge in [-0.15, -0.1) is 0 Å². The van der Waals surface area contributed by atoms with E-state index in [0.717, 1.165) is 9.13 Å². The molecule has 2 rings (SSSR count). The fraction of sp³-hybridized carbons (Fsp3) is 0.125. The molecule has 2 aromatic carbocycles. The quantitative estimate of drug-likeness (QED) is 0.396. The Morgan fingerprint density at radius 2 is 1.91 bits per heavy atom. The second-order valence-electron chi connectivity index (χ2n) is 4.81. The molecule has 0 heterocycles. The molecule has 2 aromatic rings. The highest BCUT2D eigenvalue weighted by Crippen LogP contribution is 2.17. The fourth-order valence-electron chi connectivity index (χ4n) is 2.03. The zero-order valence-electron chi connectivity index (χ0n) is 12.1. The summed E-state index contributed by atoms with van der Waals surface area (Å²) < 4.78 is 1.08. The van der Waals surface area contributed by atoms with Crippen LogP contribution in [0.15, 0.2) is 48.5 Å². The van der Waals surface area contributed by atoms with Crippen LogP contribution >= 0.6 is 34.2 Å². The summed E-state index contributed by atoms with van der Waals surface area (Å²) >= 11 is 8.34. The summed E-state index contributed by atoms with van der Waals surface area (Å²) in [4.78, 5) is 23.0. The van der Waals surface area contributed by atoms with Crippen molar-refractivity contribution in [2.45, 2.75) is 12.5 Å². The van der Waals surface area contributed by atoms with Gasteiger partial charge in [0, 0.05) is 14.3 Å². The number of amides is 1. The first-order valence-electron chi connectivity index (χ1n) is 6.93. The third-order valence-corrected chi connectivity index (χ3v) is 4.26. The average Bonchev–Trinajstić information content (AvgIpc) is 2.55. The second-order valence-corrected chi connectivity index (χ2v) is 6.47. The molecule has 23 heavy (non-hydrogen) atoms. The van der Waals surface area contributed by atoms with Crippen molar-refractivity contribution < 1.29 is 9.59 Å². The second kappa shape index (κ2) is 9.05. The summed E-state index contributed by atoms with van der Waals surface area (Å²) in [6, 6.07) is 14.2. The molecule has 0 fully saturated rings. The monoisotopic (exact) mass is 439 g/mol. The van der Waals surface area contributed by atoms with Gasteiger partial charge in [0.15, 0.2) is 0 Å². The molecule has 7 heteroatoms. The topological polar surface area (TPSA) is 58.2 Å². The van der Waals surface area contributed by atoms with Crippen LogP contribution in [0.2, 0.25) is 5.02 Å². The highest BCUT2D eigenvalue weighted by atomic mass is 127. The summed E-state index contributed by atoms with van der Waals surface area (Å²) in [7, 11) is 1.22. The lowest BCUT2D eigenvalue weighted by Crippen LogP contribution is -2.44. The van der Waals surface area contributed by atoms with Crippen molar-refractivity contribution >= 4 is 59.4 Å². The molecule has 117 valence electrons. The Balaban J connectivity index is 2.10. The van der Waals surface area contributed by atoms with Crippen molar-refractivity contribution in [3.05, 3.63) is 62.7 Å². The van der Waals surface area contributed by atoms with E-state index in [0.29, 0.717) is 23.3 Å². The van der Waals surface area contributed by atoms with E-state index in [9.17, 15) is 9.59 Å². The maximum Gasteiger partial charge on any atom is 0.291 e. The highest BCUT2D eigenvalue weighted by molar-refractivity contribution is 14.1. The first-order chi connectivity index (χ1) is 11.1. The molecule has 1 atom stereocenters. The van der Waals surface area contributed by atoms with Gasteiger partial charge in [0.05, 0.1) is 12.2 Å². The van der Waals surface area contributed by atoms with Gasteiger partial charge in [0.25, 0.3) is 7.41 Å². The molecule has 1 amide bonds. The van der Waals surface area contributed by atoms with Gasteiger partial charge in [-0.25, -0.2) is 0 Å². The van der Waals surface area contributed by atoms with Crippen molar-refractivity contribution in [1.29, 1.82) is 0 Å². The summed E-state index contributed by atoms with van der Waals surface area (Å²) in [6.45, 7) is 0. The highest BCUT2D eigenvalue weighted by Gasteiger charge is 2.19. The van der Waals surface area contributed by atoms with E-state index < -0.39 is 6.04 Å². The maximum absolute atomic E-state index is 12.5. The Hall–Kier alpha value is -1.38. The molecule has 0 spiro atoms. The van der Waals surface area contributed by atoms with Crippen LogP contribution in [0.3, 0.4) is 0 Å². The number of hydrogen-bond donors (Lipinski definition) is 2. The number of carbonyl (C=O) groups excluding carboxylic acids is 2. The van der Waals surface area contributed by atoms with Crippen LogP contribution in [0.25, 0.3) is 0 Å². The van der Waals surface area contributed by atoms with E-state index in [-0.39, 0.29) is 5.91 Å². The van der Waals surface area contributed by atoms with Crippen molar-refractivity contribution in [3.63, 3.8) is 0 Å². The summed E-state index contributed by atoms with van der Waals surface area (Å²) in [5.74, 6) is -0.232. The smallest absolute Gasteiger partial charge is 0.291 e. The molecule has 0 aliphatic carbocycles. The molecule has 4 nitrogen and oxygen atoms in total. The fourth-order valence-corrected chi connectivity index (χ4v) is 2.60. The van der Waals surface area contributed by atoms with Gasteiger partial charge in [-0.05, 0) is 64.9 Å². The number of rotatable bonds is 7. The molecule has 0 aromatic heterocycles. The van der Waals surface area contributed by atoms with Gasteiger partial charge in [0.2, 0.25) is 5.91 Å². The number of halogens is 2. The lowest BCUT2D eigenvalue weighted by atomic mass is 9.93. The summed E-state index contributed by atoms with van der Waals surface area (Å²) in [5, 5.41) is 6.24. The normalized spacial score (nSPS) is 11.6. The molecule has 2 N–H and O–H groups in total. The van der Waals surface area contributed by atoms with Crippen LogP contribution in [0.5, 0.6) is 0 Å². The predicted molar refractivity (Wildman–Crippen MR) is 102 cm³/mol. The number of hydrogen-bond acceptors (Lipinski definition) is 3. The SMILES string of the molecule is O=C[B]N[C@@H](Cc1ccccc1Cl)C(=O)Nc1ccc(I)cc1. The van der Waals surface area contributed by atoms with Crippen molar-refractivity contribution in [1.82, 2.24) is 5.23 Å². The van der Waals surface area contributed by atoms with Crippen LogP contribution < -0.4 is 10.5 Å². The van der Waals surface area contributed by atoms with E-state index >= 15 is 0 Å². The van der Waals surface area contributed by atoms with E-state index in [2.05, 4.69) is 33.1 Å². The van der Waals surface area contributed by atoms with Gasteiger partial charge in [-0.2, -0.15) is 0 Å². The lowest BCUT2D eigenvalue weighted by molar-refractivity contribution is -0.117. The maximum atomic E-state index is 12.5. The molecule has 0 saturated heterocycles. The Labute approximate surface area is 154 Å². The van der Waals surface area contributed by atoms with E-state index in [1.807, 2.05) is 42.5 Å². The molecule has 0 aliphatic rings. The zero-order valence-corrected chi connectivity index (χ0v) is 15.0. The third kappa shape index (κ3) is 5.64. The minimum atomic E-state index is -0.598. The summed E-state index contributed by atoms with van der Waals surface area (Å²) in [5.41, 5.74) is 1.54. The largest absolute Gasteiger partial charge is 0.343 e. The first-order valence-corrected chi connectivity index (χ1v) is 8.38. The molecular weight excluding hydrogens is 425 g/mol. The predicted octanol–water partition coefficient (Wildman–Crippen LogP) is 2.89. The molecule has 0 unspecified atom stereocenters. The molecule has 0 saturated carbocycles. The van der Waals surface area contributed by atoms with Crippen molar-refractivity contribution in [2.24, 2.45) is 0 Å². The van der Waals surface area contributed by atoms with Crippen LogP contribution in [0.1, 0.15) is 5.56 Å².